The minimum Gasteiger partial charge on any atom is -0.338 e. The molecule has 7 nitrogen and oxygen atoms in total. The van der Waals surface area contributed by atoms with E-state index in [9.17, 15) is 4.79 Å². The quantitative estimate of drug-likeness (QED) is 0.445. The third-order valence-corrected chi connectivity index (χ3v) is 4.90. The van der Waals surface area contributed by atoms with Crippen molar-refractivity contribution in [2.24, 2.45) is 0 Å². The van der Waals surface area contributed by atoms with Gasteiger partial charge in [-0.05, 0) is 38.2 Å². The van der Waals surface area contributed by atoms with E-state index in [0.29, 0.717) is 11.5 Å². The van der Waals surface area contributed by atoms with E-state index >= 15 is 0 Å². The Morgan fingerprint density at radius 2 is 2.13 bits per heavy atom. The lowest BCUT2D eigenvalue weighted by Crippen LogP contribution is -2.23. The van der Waals surface area contributed by atoms with E-state index in [-0.39, 0.29) is 5.91 Å². The first-order valence-corrected chi connectivity index (χ1v) is 9.92. The van der Waals surface area contributed by atoms with Crippen LogP contribution in [0.5, 0.6) is 0 Å². The molecule has 0 aliphatic heterocycles. The van der Waals surface area contributed by atoms with Gasteiger partial charge in [-0.15, -0.1) is 6.42 Å². The fraction of sp³-hybridized carbons (Fsp3) is 0.261. The molecule has 0 atom stereocenters. The van der Waals surface area contributed by atoms with Crippen molar-refractivity contribution in [3.63, 3.8) is 0 Å². The average molecular weight is 403 g/mol. The van der Waals surface area contributed by atoms with E-state index < -0.39 is 0 Å². The number of nitrogens with one attached hydrogen (secondary N) is 2. The third kappa shape index (κ3) is 4.85. The van der Waals surface area contributed by atoms with Crippen LogP contribution in [-0.2, 0) is 4.79 Å². The maximum atomic E-state index is 12.3. The molecule has 0 radical (unpaired) electrons. The molecule has 7 heteroatoms. The zero-order valence-electron chi connectivity index (χ0n) is 17.5. The van der Waals surface area contributed by atoms with E-state index in [2.05, 4.69) is 45.4 Å². The molecule has 0 spiro atoms. The van der Waals surface area contributed by atoms with Crippen LogP contribution in [0.15, 0.2) is 48.9 Å². The van der Waals surface area contributed by atoms with Gasteiger partial charge in [0.15, 0.2) is 5.82 Å². The van der Waals surface area contributed by atoms with Crippen LogP contribution in [0, 0.1) is 19.3 Å². The Labute approximate surface area is 176 Å². The zero-order chi connectivity index (χ0) is 21.5. The summed E-state index contributed by atoms with van der Waals surface area (Å²) in [6.07, 6.45) is 12.2. The lowest BCUT2D eigenvalue weighted by Gasteiger charge is -2.14. The van der Waals surface area contributed by atoms with Gasteiger partial charge in [-0.3, -0.25) is 4.79 Å². The number of likely N-dealkylation sites (N-methyl/N-ethyl adjacent to an activating group) is 1. The van der Waals surface area contributed by atoms with Gasteiger partial charge in [0.1, 0.15) is 11.8 Å². The van der Waals surface area contributed by atoms with Crippen LogP contribution >= 0.6 is 0 Å². The van der Waals surface area contributed by atoms with Crippen LogP contribution in [0.25, 0.3) is 5.52 Å². The molecule has 1 amide bonds. The highest BCUT2D eigenvalue weighted by Crippen LogP contribution is 2.28. The SMILES string of the molecule is C#Cc1cccc(Nc2ncnn3cc(NC(=O)/C=C/CN(CC)CC)c(C)c23)c1. The lowest BCUT2D eigenvalue weighted by atomic mass is 10.2. The number of hydrogen-bond acceptors (Lipinski definition) is 5. The topological polar surface area (TPSA) is 74.6 Å². The molecule has 0 unspecified atom stereocenters. The number of nitrogens with zero attached hydrogens (tertiary/aromatic N) is 4. The Kier molecular flexibility index (Phi) is 6.83. The first-order valence-electron chi connectivity index (χ1n) is 9.92. The molecule has 3 rings (SSSR count). The van der Waals surface area contributed by atoms with Crippen molar-refractivity contribution < 1.29 is 4.79 Å². The minimum atomic E-state index is -0.176. The lowest BCUT2D eigenvalue weighted by molar-refractivity contribution is -0.111. The standard InChI is InChI=1S/C23H26N6O/c1-5-18-10-8-11-19(14-18)26-23-22-17(4)20(15-29(22)25-16-24-23)27-21(30)12-9-13-28(6-2)7-3/h1,8-12,14-16H,6-7,13H2,2-4H3,(H,27,30)(H,24,25,26)/b12-9+. The number of aromatic nitrogens is 3. The van der Waals surface area contributed by atoms with Gasteiger partial charge in [0, 0.05) is 29.4 Å². The summed E-state index contributed by atoms with van der Waals surface area (Å²) in [5.41, 5.74) is 3.95. The van der Waals surface area contributed by atoms with E-state index in [0.717, 1.165) is 42.0 Å². The van der Waals surface area contributed by atoms with Gasteiger partial charge in [-0.2, -0.15) is 5.10 Å². The molecule has 0 saturated carbocycles. The summed E-state index contributed by atoms with van der Waals surface area (Å²) in [5.74, 6) is 3.08. The van der Waals surface area contributed by atoms with Gasteiger partial charge < -0.3 is 15.5 Å². The first kappa shape index (κ1) is 21.1. The highest BCUT2D eigenvalue weighted by molar-refractivity contribution is 6.01. The van der Waals surface area contributed by atoms with E-state index in [1.54, 1.807) is 16.8 Å². The number of terminal acetylenes is 1. The number of hydrogen-bond donors (Lipinski definition) is 2. The Bertz CT molecular complexity index is 1100. The summed E-state index contributed by atoms with van der Waals surface area (Å²) in [4.78, 5) is 18.9. The number of amides is 1. The molecule has 3 aromatic rings. The zero-order valence-corrected chi connectivity index (χ0v) is 17.5. The number of aryl methyl sites for hydroxylation is 1. The minimum absolute atomic E-state index is 0.176. The number of anilines is 3. The monoisotopic (exact) mass is 402 g/mol. The van der Waals surface area contributed by atoms with Crippen LogP contribution < -0.4 is 10.6 Å². The highest BCUT2D eigenvalue weighted by Gasteiger charge is 2.14. The van der Waals surface area contributed by atoms with Crippen LogP contribution in [0.2, 0.25) is 0 Å². The maximum Gasteiger partial charge on any atom is 0.248 e. The summed E-state index contributed by atoms with van der Waals surface area (Å²) in [6.45, 7) is 8.77. The number of carbonyl (C=O) groups is 1. The molecule has 2 N–H and O–H groups in total. The predicted octanol–water partition coefficient (Wildman–Crippen LogP) is 3.60. The Morgan fingerprint density at radius 1 is 1.33 bits per heavy atom. The molecular weight excluding hydrogens is 376 g/mol. The molecule has 30 heavy (non-hydrogen) atoms. The molecule has 0 aliphatic rings. The molecule has 0 bridgehead atoms. The molecule has 0 fully saturated rings. The third-order valence-electron chi connectivity index (χ3n) is 4.90. The summed E-state index contributed by atoms with van der Waals surface area (Å²) in [7, 11) is 0. The Morgan fingerprint density at radius 3 is 2.87 bits per heavy atom. The van der Waals surface area contributed by atoms with Crippen molar-refractivity contribution in [3.8, 4) is 12.3 Å². The smallest absolute Gasteiger partial charge is 0.248 e. The fourth-order valence-corrected chi connectivity index (χ4v) is 3.17. The molecule has 2 aromatic heterocycles. The second-order valence-corrected chi connectivity index (χ2v) is 6.80. The fourth-order valence-electron chi connectivity index (χ4n) is 3.17. The van der Waals surface area contributed by atoms with Gasteiger partial charge in [-0.1, -0.05) is 31.9 Å². The summed E-state index contributed by atoms with van der Waals surface area (Å²) in [6, 6.07) is 7.54. The number of fused-ring (bicyclic) bond motifs is 1. The van der Waals surface area contributed by atoms with Gasteiger partial charge in [-0.25, -0.2) is 9.50 Å². The number of carbonyl (C=O) groups excluding carboxylic acids is 1. The predicted molar refractivity (Wildman–Crippen MR) is 121 cm³/mol. The average Bonchev–Trinajstić information content (AvgIpc) is 3.07. The van der Waals surface area contributed by atoms with E-state index in [1.165, 1.54) is 6.33 Å². The summed E-state index contributed by atoms with van der Waals surface area (Å²) < 4.78 is 1.70. The number of benzene rings is 1. The van der Waals surface area contributed by atoms with Gasteiger partial charge in [0.25, 0.3) is 0 Å². The Balaban J connectivity index is 1.80. The first-order chi connectivity index (χ1) is 14.5. The molecule has 2 heterocycles. The number of rotatable bonds is 8. The van der Waals surface area contributed by atoms with E-state index in [4.69, 9.17) is 6.42 Å². The highest BCUT2D eigenvalue weighted by atomic mass is 16.1. The molecule has 0 aliphatic carbocycles. The molecular formula is C23H26N6O. The molecule has 154 valence electrons. The van der Waals surface area contributed by atoms with Gasteiger partial charge in [0.05, 0.1) is 11.9 Å². The molecule has 0 saturated heterocycles. The van der Waals surface area contributed by atoms with Crippen molar-refractivity contribution in [2.75, 3.05) is 30.3 Å². The van der Waals surface area contributed by atoms with Crippen molar-refractivity contribution in [1.29, 1.82) is 0 Å². The van der Waals surface area contributed by atoms with Gasteiger partial charge >= 0.3 is 0 Å². The van der Waals surface area contributed by atoms with Crippen molar-refractivity contribution >= 4 is 28.6 Å². The van der Waals surface area contributed by atoms with Crippen LogP contribution in [0.1, 0.15) is 25.0 Å². The maximum absolute atomic E-state index is 12.3. The van der Waals surface area contributed by atoms with E-state index in [1.807, 2.05) is 37.3 Å². The second-order valence-electron chi connectivity index (χ2n) is 6.80. The normalized spacial score (nSPS) is 11.2. The summed E-state index contributed by atoms with van der Waals surface area (Å²) >= 11 is 0. The molecule has 1 aromatic carbocycles. The van der Waals surface area contributed by atoms with Crippen LogP contribution in [0.4, 0.5) is 17.2 Å². The van der Waals surface area contributed by atoms with Crippen LogP contribution in [0.3, 0.4) is 0 Å². The van der Waals surface area contributed by atoms with Crippen LogP contribution in [-0.4, -0.2) is 45.0 Å². The van der Waals surface area contributed by atoms with Crippen molar-refractivity contribution in [2.45, 2.75) is 20.8 Å². The largest absolute Gasteiger partial charge is 0.338 e. The van der Waals surface area contributed by atoms with Crippen molar-refractivity contribution in [1.82, 2.24) is 19.5 Å². The van der Waals surface area contributed by atoms with Crippen molar-refractivity contribution in [3.05, 3.63) is 60.1 Å². The van der Waals surface area contributed by atoms with Gasteiger partial charge in [0.2, 0.25) is 5.91 Å². The Hall–Kier alpha value is -3.63. The second kappa shape index (κ2) is 9.72. The summed E-state index contributed by atoms with van der Waals surface area (Å²) in [5, 5.41) is 10.5.